The molecule has 2 aliphatic rings. The average Bonchev–Trinajstić information content (AvgIpc) is 3.23. The number of nitrogens with one attached hydrogen (secondary N) is 1. The monoisotopic (exact) mass is 537 g/mol. The Balaban J connectivity index is 0.00000450. The number of hydrogen-bond acceptors (Lipinski definition) is 4. The molecule has 0 bridgehead atoms. The van der Waals surface area contributed by atoms with Crippen LogP contribution in [0.1, 0.15) is 51.4 Å². The van der Waals surface area contributed by atoms with Crippen molar-refractivity contribution >= 4 is 35.8 Å². The van der Waals surface area contributed by atoms with Gasteiger partial charge in [0.1, 0.15) is 6.54 Å². The van der Waals surface area contributed by atoms with Gasteiger partial charge in [0, 0.05) is 46.9 Å². The minimum atomic E-state index is 0. The summed E-state index contributed by atoms with van der Waals surface area (Å²) in [5, 5.41) is 3.66. The van der Waals surface area contributed by atoms with Gasteiger partial charge in [-0.1, -0.05) is 12.8 Å². The lowest BCUT2D eigenvalue weighted by molar-refractivity contribution is -0.127. The molecule has 30 heavy (non-hydrogen) atoms. The third-order valence-corrected chi connectivity index (χ3v) is 6.29. The van der Waals surface area contributed by atoms with Crippen LogP contribution in [0.15, 0.2) is 4.99 Å². The predicted molar refractivity (Wildman–Crippen MR) is 135 cm³/mol. The number of piperidine rings is 1. The topological polar surface area (TPSA) is 60.4 Å². The molecule has 1 aliphatic carbocycles. The van der Waals surface area contributed by atoms with Gasteiger partial charge in [-0.25, -0.2) is 4.99 Å². The van der Waals surface area contributed by atoms with Crippen LogP contribution >= 0.6 is 24.0 Å². The number of nitrogens with zero attached hydrogens (tertiary/aromatic N) is 4. The van der Waals surface area contributed by atoms with Crippen molar-refractivity contribution in [1.29, 1.82) is 0 Å². The van der Waals surface area contributed by atoms with Crippen LogP contribution in [-0.4, -0.2) is 100 Å². The van der Waals surface area contributed by atoms with E-state index in [0.717, 1.165) is 44.7 Å². The summed E-state index contributed by atoms with van der Waals surface area (Å²) in [5.41, 5.74) is 0. The molecular weight excluding hydrogens is 493 g/mol. The van der Waals surface area contributed by atoms with Crippen molar-refractivity contribution < 1.29 is 9.53 Å². The Bertz CT molecular complexity index is 504. The van der Waals surface area contributed by atoms with Crippen molar-refractivity contribution in [1.82, 2.24) is 20.0 Å². The molecule has 2 fully saturated rings. The van der Waals surface area contributed by atoms with Crippen molar-refractivity contribution in [2.24, 2.45) is 10.9 Å². The lowest BCUT2D eigenvalue weighted by atomic mass is 9.92. The van der Waals surface area contributed by atoms with E-state index in [-0.39, 0.29) is 36.4 Å². The number of methoxy groups -OCH3 is 1. The Labute approximate surface area is 201 Å². The molecule has 0 aromatic carbocycles. The maximum absolute atomic E-state index is 12.0. The largest absolute Gasteiger partial charge is 0.383 e. The number of carbonyl (C=O) groups excluding carboxylic acids is 1. The molecule has 2 rings (SSSR count). The number of ether oxygens (including phenoxy) is 1. The van der Waals surface area contributed by atoms with E-state index in [2.05, 4.69) is 22.2 Å². The molecule has 0 spiro atoms. The number of likely N-dealkylation sites (N-methyl/N-ethyl adjacent to an activating group) is 2. The molecule has 0 radical (unpaired) electrons. The lowest BCUT2D eigenvalue weighted by Gasteiger charge is -2.35. The van der Waals surface area contributed by atoms with Crippen LogP contribution in [-0.2, 0) is 9.53 Å². The first-order chi connectivity index (χ1) is 14.0. The second-order valence-corrected chi connectivity index (χ2v) is 8.92. The zero-order chi connectivity index (χ0) is 21.1. The van der Waals surface area contributed by atoms with Crippen molar-refractivity contribution in [3.8, 4) is 0 Å². The number of guanidine groups is 1. The highest BCUT2D eigenvalue weighted by atomic mass is 127. The van der Waals surface area contributed by atoms with Crippen LogP contribution in [0, 0.1) is 5.92 Å². The Kier molecular flexibility index (Phi) is 13.9. The van der Waals surface area contributed by atoms with E-state index < -0.39 is 0 Å². The van der Waals surface area contributed by atoms with Crippen molar-refractivity contribution in [2.75, 3.05) is 67.6 Å². The maximum atomic E-state index is 12.0. The molecule has 1 heterocycles. The molecule has 1 N–H and O–H groups in total. The second-order valence-electron chi connectivity index (χ2n) is 8.92. The summed E-state index contributed by atoms with van der Waals surface area (Å²) in [4.78, 5) is 23.1. The highest BCUT2D eigenvalue weighted by Gasteiger charge is 2.24. The van der Waals surface area contributed by atoms with Crippen LogP contribution in [0.25, 0.3) is 0 Å². The molecule has 0 aromatic heterocycles. The number of rotatable bonds is 10. The summed E-state index contributed by atoms with van der Waals surface area (Å²) >= 11 is 0. The van der Waals surface area contributed by atoms with Crippen LogP contribution in [0.5, 0.6) is 0 Å². The Morgan fingerprint density at radius 1 is 1.10 bits per heavy atom. The molecule has 1 saturated carbocycles. The highest BCUT2D eigenvalue weighted by Crippen LogP contribution is 2.23. The van der Waals surface area contributed by atoms with Gasteiger partial charge in [-0.05, 0) is 58.0 Å². The van der Waals surface area contributed by atoms with Gasteiger partial charge in [0.05, 0.1) is 6.61 Å². The van der Waals surface area contributed by atoms with E-state index in [0.29, 0.717) is 6.04 Å². The number of amides is 1. The zero-order valence-electron chi connectivity index (χ0n) is 19.6. The first kappa shape index (κ1) is 27.4. The molecule has 1 saturated heterocycles. The molecule has 176 valence electrons. The summed E-state index contributed by atoms with van der Waals surface area (Å²) in [6, 6.07) is 0.517. The minimum absolute atomic E-state index is 0. The molecule has 0 atom stereocenters. The Morgan fingerprint density at radius 2 is 1.77 bits per heavy atom. The van der Waals surface area contributed by atoms with E-state index in [1.165, 1.54) is 51.4 Å². The molecule has 8 heteroatoms. The quantitative estimate of drug-likeness (QED) is 0.264. The summed E-state index contributed by atoms with van der Waals surface area (Å²) in [6.45, 7) is 5.27. The van der Waals surface area contributed by atoms with Crippen LogP contribution in [0.4, 0.5) is 0 Å². The van der Waals surface area contributed by atoms with E-state index in [1.807, 2.05) is 0 Å². The highest BCUT2D eigenvalue weighted by molar-refractivity contribution is 14.0. The molecule has 0 unspecified atom stereocenters. The maximum Gasteiger partial charge on any atom is 0.243 e. The van der Waals surface area contributed by atoms with E-state index in [4.69, 9.17) is 9.73 Å². The van der Waals surface area contributed by atoms with E-state index >= 15 is 0 Å². The number of hydrogen-bond donors (Lipinski definition) is 1. The normalized spacial score (nSPS) is 18.6. The summed E-state index contributed by atoms with van der Waals surface area (Å²) in [5.74, 6) is 1.81. The molecule has 1 amide bonds. The lowest BCUT2D eigenvalue weighted by Crippen LogP contribution is -2.49. The SMILES string of the molecule is COCCN(C)CCCC1CCN(C(=NCC(=O)N(C)C)NC2CCCC2)CC1.I. The fraction of sp³-hybridized carbons (Fsp3) is 0.909. The first-order valence-electron chi connectivity index (χ1n) is 11.4. The van der Waals surface area contributed by atoms with Gasteiger partial charge < -0.3 is 24.8 Å². The number of halogens is 1. The van der Waals surface area contributed by atoms with Crippen molar-refractivity contribution in [2.45, 2.75) is 57.4 Å². The van der Waals surface area contributed by atoms with Gasteiger partial charge in [0.15, 0.2) is 5.96 Å². The van der Waals surface area contributed by atoms with E-state index in [9.17, 15) is 4.79 Å². The third kappa shape index (κ3) is 10.1. The fourth-order valence-electron chi connectivity index (χ4n) is 4.22. The summed E-state index contributed by atoms with van der Waals surface area (Å²) < 4.78 is 5.15. The average molecular weight is 538 g/mol. The summed E-state index contributed by atoms with van der Waals surface area (Å²) in [6.07, 6.45) is 10.0. The standard InChI is InChI=1S/C22H43N5O2.HI/c1-25(2)21(28)18-23-22(24-20-9-5-6-10-20)27-14-11-19(12-15-27)8-7-13-26(3)16-17-29-4;/h19-20H,5-18H2,1-4H3,(H,23,24);1H. The minimum Gasteiger partial charge on any atom is -0.383 e. The number of likely N-dealkylation sites (tertiary alicyclic amines) is 1. The smallest absolute Gasteiger partial charge is 0.243 e. The predicted octanol–water partition coefficient (Wildman–Crippen LogP) is 2.65. The van der Waals surface area contributed by atoms with Crippen LogP contribution in [0.3, 0.4) is 0 Å². The van der Waals surface area contributed by atoms with Gasteiger partial charge in [-0.15, -0.1) is 24.0 Å². The van der Waals surface area contributed by atoms with Gasteiger partial charge >= 0.3 is 0 Å². The Morgan fingerprint density at radius 3 is 2.37 bits per heavy atom. The molecule has 0 aromatic rings. The molecule has 7 nitrogen and oxygen atoms in total. The Hall–Kier alpha value is -0.610. The van der Waals surface area contributed by atoms with Crippen molar-refractivity contribution in [3.05, 3.63) is 0 Å². The molecular formula is C22H44IN5O2. The first-order valence-corrected chi connectivity index (χ1v) is 11.4. The van der Waals surface area contributed by atoms with Crippen molar-refractivity contribution in [3.63, 3.8) is 0 Å². The van der Waals surface area contributed by atoms with Gasteiger partial charge in [-0.3, -0.25) is 4.79 Å². The molecule has 1 aliphatic heterocycles. The zero-order valence-corrected chi connectivity index (χ0v) is 21.9. The van der Waals surface area contributed by atoms with Crippen LogP contribution < -0.4 is 5.32 Å². The number of carbonyl (C=O) groups is 1. The van der Waals surface area contributed by atoms with Crippen LogP contribution in [0.2, 0.25) is 0 Å². The fourth-order valence-corrected chi connectivity index (χ4v) is 4.22. The van der Waals surface area contributed by atoms with Gasteiger partial charge in [-0.2, -0.15) is 0 Å². The van der Waals surface area contributed by atoms with Gasteiger partial charge in [0.25, 0.3) is 0 Å². The van der Waals surface area contributed by atoms with Gasteiger partial charge in [0.2, 0.25) is 5.91 Å². The third-order valence-electron chi connectivity index (χ3n) is 6.29. The van der Waals surface area contributed by atoms with E-state index in [1.54, 1.807) is 26.1 Å². The second kappa shape index (κ2) is 15.2. The number of aliphatic imine (C=N–C) groups is 1. The summed E-state index contributed by atoms with van der Waals surface area (Å²) in [7, 11) is 7.52.